The molecule has 0 saturated carbocycles. The Bertz CT molecular complexity index is 2550. The summed E-state index contributed by atoms with van der Waals surface area (Å²) in [5.74, 6) is -0.286. The first kappa shape index (κ1) is 37.2. The molecule has 1 amide bonds. The Hall–Kier alpha value is -5.71. The third-order valence-electron chi connectivity index (χ3n) is 10.5. The van der Waals surface area contributed by atoms with Gasteiger partial charge in [-0.3, -0.25) is 4.79 Å². The van der Waals surface area contributed by atoms with Gasteiger partial charge in [0.1, 0.15) is 24.2 Å². The van der Waals surface area contributed by atoms with Crippen LogP contribution in [-0.2, 0) is 34.9 Å². The zero-order chi connectivity index (χ0) is 38.6. The molecule has 2 atom stereocenters. The zero-order valence-electron chi connectivity index (χ0n) is 31.6. The van der Waals surface area contributed by atoms with Crippen molar-refractivity contribution in [2.75, 3.05) is 63.4 Å². The molecule has 7 aromatic rings. The van der Waals surface area contributed by atoms with Crippen LogP contribution in [0.5, 0.6) is 0 Å². The highest BCUT2D eigenvalue weighted by Gasteiger charge is 2.26. The van der Waals surface area contributed by atoms with E-state index in [1.165, 1.54) is 38.1 Å². The number of hydrogen-bond acceptors (Lipinski definition) is 8. The molecular formula is C47H46N2O7. The van der Waals surface area contributed by atoms with Crippen molar-refractivity contribution in [2.24, 2.45) is 0 Å². The maximum Gasteiger partial charge on any atom is 0.261 e. The molecule has 0 aromatic heterocycles. The van der Waals surface area contributed by atoms with Crippen LogP contribution in [0.2, 0.25) is 0 Å². The number of ether oxygens (including phenoxy) is 5. The number of carbonyl (C=O) groups excluding carboxylic acids is 1. The topological polar surface area (TPSA) is 108 Å². The van der Waals surface area contributed by atoms with Gasteiger partial charge in [0, 0.05) is 36.3 Å². The molecule has 2 unspecified atom stereocenters. The summed E-state index contributed by atoms with van der Waals surface area (Å²) in [6, 6.07) is 33.6. The molecule has 56 heavy (non-hydrogen) atoms. The van der Waals surface area contributed by atoms with Crippen molar-refractivity contribution in [3.63, 3.8) is 0 Å². The SMILES string of the molecule is C=C(O)C(CNc1ccc2ccc3cccc4c3c2c1C4)OCCOCCOC(=C)C(OCCOCC)C(=O)Nc1ccc2ccc3cccc4ccc1c2c34. The van der Waals surface area contributed by atoms with Gasteiger partial charge in [-0.1, -0.05) is 98.1 Å². The molecular weight excluding hydrogens is 705 g/mol. The minimum Gasteiger partial charge on any atom is -0.510 e. The Balaban J connectivity index is 0.827. The fourth-order valence-corrected chi connectivity index (χ4v) is 7.89. The van der Waals surface area contributed by atoms with E-state index in [-0.39, 0.29) is 44.6 Å². The number of nitrogens with one attached hydrogen (secondary N) is 2. The van der Waals surface area contributed by atoms with Gasteiger partial charge in [0.25, 0.3) is 5.91 Å². The molecule has 0 aliphatic heterocycles. The molecule has 8 rings (SSSR count). The van der Waals surface area contributed by atoms with E-state index in [1.807, 2.05) is 25.1 Å². The molecule has 3 N–H and O–H groups in total. The number of rotatable bonds is 20. The number of aliphatic hydroxyl groups excluding tert-OH is 1. The number of aliphatic hydroxyl groups is 1. The number of amides is 1. The van der Waals surface area contributed by atoms with E-state index < -0.39 is 18.1 Å². The second-order valence-electron chi connectivity index (χ2n) is 14.0. The van der Waals surface area contributed by atoms with Gasteiger partial charge in [0.2, 0.25) is 0 Å². The van der Waals surface area contributed by atoms with Gasteiger partial charge >= 0.3 is 0 Å². The molecule has 0 fully saturated rings. The van der Waals surface area contributed by atoms with Crippen LogP contribution in [0.4, 0.5) is 11.4 Å². The van der Waals surface area contributed by atoms with Crippen LogP contribution < -0.4 is 10.6 Å². The molecule has 7 aromatic carbocycles. The Labute approximate surface area is 325 Å². The molecule has 0 spiro atoms. The normalized spacial score (nSPS) is 13.3. The summed E-state index contributed by atoms with van der Waals surface area (Å²) in [7, 11) is 0. The van der Waals surface area contributed by atoms with E-state index in [1.54, 1.807) is 0 Å². The predicted octanol–water partition coefficient (Wildman–Crippen LogP) is 9.27. The maximum atomic E-state index is 13.8. The minimum absolute atomic E-state index is 0.0595. The quantitative estimate of drug-likeness (QED) is 0.0402. The summed E-state index contributed by atoms with van der Waals surface area (Å²) in [4.78, 5) is 13.8. The van der Waals surface area contributed by atoms with Gasteiger partial charge in [-0.05, 0) is 78.7 Å². The van der Waals surface area contributed by atoms with Crippen molar-refractivity contribution in [1.29, 1.82) is 0 Å². The van der Waals surface area contributed by atoms with Gasteiger partial charge in [0.05, 0.1) is 33.0 Å². The standard InChI is InChI=1S/C47H46N2O7/c1-4-52-21-26-56-46(47(51)49-40-20-17-34-13-11-31-7-5-8-33-15-18-37(40)44(34)42(31)33)30(3)54-24-22-53-23-25-55-41(29(2)50)28-48-39-19-16-35-14-12-32-9-6-10-36-27-38(39)45(35)43(32)36/h5-20,41,46,48,50H,2-4,21-28H2,1H3,(H,49,51). The molecule has 9 heteroatoms. The number of carbonyl (C=O) groups is 1. The van der Waals surface area contributed by atoms with Crippen LogP contribution in [0.1, 0.15) is 18.1 Å². The van der Waals surface area contributed by atoms with Gasteiger partial charge < -0.3 is 39.4 Å². The zero-order valence-corrected chi connectivity index (χ0v) is 31.6. The fraction of sp³-hybridized carbons (Fsp3) is 0.255. The number of hydrogen-bond donors (Lipinski definition) is 3. The van der Waals surface area contributed by atoms with Crippen LogP contribution >= 0.6 is 0 Å². The number of benzene rings is 7. The highest BCUT2D eigenvalue weighted by Crippen LogP contribution is 2.42. The van der Waals surface area contributed by atoms with E-state index in [0.717, 1.165) is 39.0 Å². The van der Waals surface area contributed by atoms with Crippen molar-refractivity contribution in [3.8, 4) is 0 Å². The van der Waals surface area contributed by atoms with Gasteiger partial charge in [-0.2, -0.15) is 0 Å². The molecule has 0 radical (unpaired) electrons. The fourth-order valence-electron chi connectivity index (χ4n) is 7.89. The Morgan fingerprint density at radius 1 is 0.679 bits per heavy atom. The lowest BCUT2D eigenvalue weighted by Crippen LogP contribution is -2.34. The monoisotopic (exact) mass is 750 g/mol. The summed E-state index contributed by atoms with van der Waals surface area (Å²) in [5, 5.41) is 28.6. The van der Waals surface area contributed by atoms with Crippen LogP contribution in [0.15, 0.2) is 122 Å². The smallest absolute Gasteiger partial charge is 0.261 e. The molecule has 1 aliphatic carbocycles. The first-order valence-electron chi connectivity index (χ1n) is 19.2. The first-order chi connectivity index (χ1) is 27.4. The van der Waals surface area contributed by atoms with Gasteiger partial charge in [0.15, 0.2) is 6.10 Å². The van der Waals surface area contributed by atoms with E-state index in [0.29, 0.717) is 25.4 Å². The average Bonchev–Trinajstić information content (AvgIpc) is 3.61. The predicted molar refractivity (Wildman–Crippen MR) is 225 cm³/mol. The van der Waals surface area contributed by atoms with Crippen molar-refractivity contribution in [3.05, 3.63) is 133 Å². The lowest BCUT2D eigenvalue weighted by atomic mass is 9.93. The summed E-state index contributed by atoms with van der Waals surface area (Å²) in [6.07, 6.45) is -0.844. The third-order valence-corrected chi connectivity index (χ3v) is 10.5. The molecule has 0 heterocycles. The second kappa shape index (κ2) is 16.6. The van der Waals surface area contributed by atoms with E-state index in [4.69, 9.17) is 23.7 Å². The van der Waals surface area contributed by atoms with Crippen molar-refractivity contribution < 1.29 is 33.6 Å². The maximum absolute atomic E-state index is 13.8. The third kappa shape index (κ3) is 7.46. The van der Waals surface area contributed by atoms with Gasteiger partial charge in [-0.25, -0.2) is 0 Å². The highest BCUT2D eigenvalue weighted by molar-refractivity contribution is 6.26. The second-order valence-corrected chi connectivity index (χ2v) is 14.0. The Kier molecular flexibility index (Phi) is 11.0. The molecule has 0 saturated heterocycles. The molecule has 0 bridgehead atoms. The lowest BCUT2D eigenvalue weighted by molar-refractivity contribution is -0.128. The summed E-state index contributed by atoms with van der Waals surface area (Å²) >= 11 is 0. The van der Waals surface area contributed by atoms with Crippen molar-refractivity contribution >= 4 is 71.1 Å². The Morgan fingerprint density at radius 2 is 1.29 bits per heavy atom. The van der Waals surface area contributed by atoms with E-state index in [9.17, 15) is 9.90 Å². The first-order valence-corrected chi connectivity index (χ1v) is 19.2. The van der Waals surface area contributed by atoms with E-state index >= 15 is 0 Å². The highest BCUT2D eigenvalue weighted by atomic mass is 16.6. The van der Waals surface area contributed by atoms with Crippen molar-refractivity contribution in [2.45, 2.75) is 25.6 Å². The van der Waals surface area contributed by atoms with Crippen LogP contribution in [0, 0.1) is 0 Å². The molecule has 9 nitrogen and oxygen atoms in total. The molecule has 286 valence electrons. The lowest BCUT2D eigenvalue weighted by Gasteiger charge is -2.21. The van der Waals surface area contributed by atoms with Gasteiger partial charge in [-0.15, -0.1) is 0 Å². The summed E-state index contributed by atoms with van der Waals surface area (Å²) in [6.45, 7) is 11.9. The van der Waals surface area contributed by atoms with Crippen LogP contribution in [0.25, 0.3) is 53.9 Å². The number of anilines is 2. The largest absolute Gasteiger partial charge is 0.510 e. The minimum atomic E-state index is -1.07. The van der Waals surface area contributed by atoms with Crippen molar-refractivity contribution in [1.82, 2.24) is 0 Å². The van der Waals surface area contributed by atoms with Crippen LogP contribution in [-0.4, -0.2) is 76.0 Å². The van der Waals surface area contributed by atoms with E-state index in [2.05, 4.69) is 103 Å². The molecule has 1 aliphatic rings. The van der Waals surface area contributed by atoms with Crippen LogP contribution in [0.3, 0.4) is 0 Å². The summed E-state index contributed by atoms with van der Waals surface area (Å²) < 4.78 is 29.0. The summed E-state index contributed by atoms with van der Waals surface area (Å²) in [5.41, 5.74) is 4.29. The average molecular weight is 751 g/mol. The Morgan fingerprint density at radius 3 is 2.04 bits per heavy atom.